The third-order valence-electron chi connectivity index (χ3n) is 8.43. The summed E-state index contributed by atoms with van der Waals surface area (Å²) in [4.78, 5) is 30.1. The number of nitrogens with one attached hydrogen (secondary N) is 2. The van der Waals surface area contributed by atoms with Gasteiger partial charge in [-0.05, 0) is 75.2 Å². The van der Waals surface area contributed by atoms with Crippen molar-refractivity contribution in [2.24, 2.45) is 11.8 Å². The number of hydrogen-bond acceptors (Lipinski definition) is 5. The maximum absolute atomic E-state index is 13.5. The minimum Gasteiger partial charge on any atom is -0.488 e. The number of amides is 3. The number of ether oxygens (including phenoxy) is 1. The Kier molecular flexibility index (Phi) is 10.9. The molecule has 1 heterocycles. The van der Waals surface area contributed by atoms with Gasteiger partial charge in [-0.25, -0.2) is 4.79 Å². The number of hydrogen-bond donors (Lipinski definition) is 3. The summed E-state index contributed by atoms with van der Waals surface area (Å²) in [6.45, 7) is 5.84. The first kappa shape index (κ1) is 32.6. The second kappa shape index (κ2) is 14.4. The molecular formula is C32H43F3N4O4. The van der Waals surface area contributed by atoms with E-state index < -0.39 is 17.8 Å². The number of anilines is 2. The van der Waals surface area contributed by atoms with E-state index in [0.29, 0.717) is 36.0 Å². The van der Waals surface area contributed by atoms with Gasteiger partial charge in [-0.2, -0.15) is 13.2 Å². The number of benzene rings is 2. The zero-order valence-electron chi connectivity index (χ0n) is 25.1. The molecule has 1 fully saturated rings. The minimum absolute atomic E-state index is 0.00924. The van der Waals surface area contributed by atoms with Crippen molar-refractivity contribution in [1.82, 2.24) is 9.80 Å². The molecule has 0 radical (unpaired) electrons. The van der Waals surface area contributed by atoms with Gasteiger partial charge in [-0.1, -0.05) is 26.2 Å². The zero-order chi connectivity index (χ0) is 31.1. The summed E-state index contributed by atoms with van der Waals surface area (Å²) in [7, 11) is 2.11. The Morgan fingerprint density at radius 2 is 1.72 bits per heavy atom. The predicted octanol–water partition coefficient (Wildman–Crippen LogP) is 6.01. The molecule has 3 N–H and O–H groups in total. The van der Waals surface area contributed by atoms with Gasteiger partial charge in [0.05, 0.1) is 24.6 Å². The van der Waals surface area contributed by atoms with E-state index in [-0.39, 0.29) is 42.7 Å². The molecule has 2 aromatic rings. The van der Waals surface area contributed by atoms with Crippen LogP contribution >= 0.6 is 0 Å². The van der Waals surface area contributed by atoms with Gasteiger partial charge in [0.2, 0.25) is 5.91 Å². The molecule has 43 heavy (non-hydrogen) atoms. The highest BCUT2D eigenvalue weighted by Crippen LogP contribution is 2.31. The normalized spacial score (nSPS) is 20.8. The van der Waals surface area contributed by atoms with Crippen molar-refractivity contribution >= 4 is 23.3 Å². The van der Waals surface area contributed by atoms with Gasteiger partial charge >= 0.3 is 12.2 Å². The fourth-order valence-electron chi connectivity index (χ4n) is 5.95. The average Bonchev–Trinajstić information content (AvgIpc) is 3.00. The second-order valence-electron chi connectivity index (χ2n) is 12.1. The first-order valence-electron chi connectivity index (χ1n) is 15.1. The Morgan fingerprint density at radius 1 is 1.07 bits per heavy atom. The number of aliphatic hydroxyl groups is 1. The number of likely N-dealkylation sites (N-methyl/N-ethyl adjacent to an activating group) is 1. The number of alkyl halides is 3. The van der Waals surface area contributed by atoms with Gasteiger partial charge in [-0.15, -0.1) is 0 Å². The number of nitrogens with zero attached hydrogens (tertiary/aromatic N) is 2. The van der Waals surface area contributed by atoms with Crippen LogP contribution < -0.4 is 15.4 Å². The van der Waals surface area contributed by atoms with Crippen LogP contribution in [0.15, 0.2) is 42.5 Å². The van der Waals surface area contributed by atoms with Crippen molar-refractivity contribution in [2.45, 2.75) is 70.7 Å². The summed E-state index contributed by atoms with van der Waals surface area (Å²) in [5.41, 5.74) is 0.397. The third kappa shape index (κ3) is 9.09. The molecule has 1 saturated carbocycles. The van der Waals surface area contributed by atoms with Crippen LogP contribution in [0.1, 0.15) is 57.1 Å². The molecule has 11 heteroatoms. The van der Waals surface area contributed by atoms with Gasteiger partial charge < -0.3 is 30.3 Å². The van der Waals surface area contributed by atoms with E-state index in [9.17, 15) is 27.9 Å². The van der Waals surface area contributed by atoms with Crippen LogP contribution in [0.3, 0.4) is 0 Å². The van der Waals surface area contributed by atoms with Gasteiger partial charge in [0.15, 0.2) is 0 Å². The van der Waals surface area contributed by atoms with E-state index >= 15 is 0 Å². The number of carbonyl (C=O) groups excluding carboxylic acids is 2. The first-order chi connectivity index (χ1) is 20.4. The SMILES string of the molecule is C[C@H]1CN([C@@H](C)CO)C(=O)Cc2cc(NC(=O)Nc3ccc(C(F)(F)F)cc3)ccc2O[C@H]1CN(C)CC1CCCCC1. The predicted molar refractivity (Wildman–Crippen MR) is 160 cm³/mol. The van der Waals surface area contributed by atoms with Crippen LogP contribution in [0.4, 0.5) is 29.3 Å². The van der Waals surface area contributed by atoms with E-state index in [1.54, 1.807) is 23.1 Å². The van der Waals surface area contributed by atoms with Gasteiger partial charge in [0.25, 0.3) is 0 Å². The smallest absolute Gasteiger partial charge is 0.416 e. The van der Waals surface area contributed by atoms with Crippen molar-refractivity contribution in [3.8, 4) is 5.75 Å². The van der Waals surface area contributed by atoms with E-state index in [1.165, 1.54) is 44.2 Å². The van der Waals surface area contributed by atoms with Crippen LogP contribution in [0.5, 0.6) is 5.75 Å². The van der Waals surface area contributed by atoms with Crippen molar-refractivity contribution in [3.05, 3.63) is 53.6 Å². The number of carbonyl (C=O) groups is 2. The van der Waals surface area contributed by atoms with E-state index in [4.69, 9.17) is 4.74 Å². The topological polar surface area (TPSA) is 94.1 Å². The molecule has 1 aliphatic heterocycles. The first-order valence-corrected chi connectivity index (χ1v) is 15.1. The van der Waals surface area contributed by atoms with Gasteiger partial charge in [0, 0.05) is 42.5 Å². The number of aliphatic hydroxyl groups excluding tert-OH is 1. The highest BCUT2D eigenvalue weighted by atomic mass is 19.4. The number of rotatable bonds is 8. The molecule has 1 aliphatic carbocycles. The quantitative estimate of drug-likeness (QED) is 0.343. The van der Waals surface area contributed by atoms with Crippen LogP contribution in [0, 0.1) is 11.8 Å². The summed E-state index contributed by atoms with van der Waals surface area (Å²) < 4.78 is 45.2. The number of halogens is 3. The molecule has 3 amide bonds. The lowest BCUT2D eigenvalue weighted by Gasteiger charge is -2.35. The lowest BCUT2D eigenvalue weighted by atomic mass is 9.89. The Hall–Kier alpha value is -3.31. The summed E-state index contributed by atoms with van der Waals surface area (Å²) in [6.07, 6.45) is 1.68. The highest BCUT2D eigenvalue weighted by molar-refractivity contribution is 6.00. The van der Waals surface area contributed by atoms with E-state index in [0.717, 1.165) is 18.7 Å². The fourth-order valence-corrected chi connectivity index (χ4v) is 5.95. The Bertz CT molecular complexity index is 1230. The van der Waals surface area contributed by atoms with E-state index in [1.807, 2.05) is 6.92 Å². The van der Waals surface area contributed by atoms with Crippen molar-refractivity contribution in [2.75, 3.05) is 43.9 Å². The summed E-state index contributed by atoms with van der Waals surface area (Å²) in [5, 5.41) is 15.1. The zero-order valence-corrected chi connectivity index (χ0v) is 25.1. The summed E-state index contributed by atoms with van der Waals surface area (Å²) >= 11 is 0. The van der Waals surface area contributed by atoms with Crippen LogP contribution in [0.2, 0.25) is 0 Å². The van der Waals surface area contributed by atoms with Crippen LogP contribution in [-0.4, -0.2) is 72.3 Å². The van der Waals surface area contributed by atoms with Crippen molar-refractivity contribution in [1.29, 1.82) is 0 Å². The second-order valence-corrected chi connectivity index (χ2v) is 12.1. The lowest BCUT2D eigenvalue weighted by molar-refractivity contribution is -0.137. The molecule has 8 nitrogen and oxygen atoms in total. The lowest BCUT2D eigenvalue weighted by Crippen LogP contribution is -2.48. The van der Waals surface area contributed by atoms with Crippen LogP contribution in [0.25, 0.3) is 0 Å². The minimum atomic E-state index is -4.47. The Balaban J connectivity index is 1.51. The summed E-state index contributed by atoms with van der Waals surface area (Å²) in [5.74, 6) is 1.07. The molecule has 2 aliphatic rings. The number of urea groups is 1. The Morgan fingerprint density at radius 3 is 2.37 bits per heavy atom. The molecular weight excluding hydrogens is 561 g/mol. The molecule has 236 valence electrons. The monoisotopic (exact) mass is 604 g/mol. The standard InChI is InChI=1S/C32H43F3N4O4/c1-21-17-39(22(2)20-40)30(41)16-24-15-27(37-31(42)36-26-11-9-25(10-12-26)32(33,34)35)13-14-28(24)43-29(21)19-38(3)18-23-7-5-4-6-8-23/h9-15,21-23,29,40H,4-8,16-20H2,1-3H3,(H2,36,37,42)/t21-,22-,29-/m0/s1. The van der Waals surface area contributed by atoms with Crippen LogP contribution in [-0.2, 0) is 17.4 Å². The molecule has 0 bridgehead atoms. The van der Waals surface area contributed by atoms with E-state index in [2.05, 4.69) is 29.5 Å². The van der Waals surface area contributed by atoms with Crippen molar-refractivity contribution in [3.63, 3.8) is 0 Å². The molecule has 0 aromatic heterocycles. The molecule has 2 aromatic carbocycles. The maximum atomic E-state index is 13.5. The molecule has 3 atom stereocenters. The Labute approximate surface area is 251 Å². The molecule has 4 rings (SSSR count). The fraction of sp³-hybridized carbons (Fsp3) is 0.562. The van der Waals surface area contributed by atoms with Gasteiger partial charge in [-0.3, -0.25) is 4.79 Å². The highest BCUT2D eigenvalue weighted by Gasteiger charge is 2.32. The number of fused-ring (bicyclic) bond motifs is 1. The van der Waals surface area contributed by atoms with Gasteiger partial charge in [0.1, 0.15) is 11.9 Å². The molecule has 0 spiro atoms. The van der Waals surface area contributed by atoms with Crippen molar-refractivity contribution < 1.29 is 32.6 Å². The largest absolute Gasteiger partial charge is 0.488 e. The summed E-state index contributed by atoms with van der Waals surface area (Å²) in [6, 6.07) is 8.25. The average molecular weight is 605 g/mol. The third-order valence-corrected chi connectivity index (χ3v) is 8.43. The molecule has 0 unspecified atom stereocenters. The molecule has 0 saturated heterocycles. The maximum Gasteiger partial charge on any atom is 0.416 e.